The first-order chi connectivity index (χ1) is 10.9. The molecule has 1 saturated heterocycles. The number of hydrogen-bond donors (Lipinski definition) is 0. The number of nitrogens with zero attached hydrogens (tertiary/aromatic N) is 1. The van der Waals surface area contributed by atoms with Crippen molar-refractivity contribution in [1.29, 1.82) is 0 Å². The van der Waals surface area contributed by atoms with Gasteiger partial charge in [-0.05, 0) is 23.6 Å². The van der Waals surface area contributed by atoms with Crippen molar-refractivity contribution in [2.24, 2.45) is 5.92 Å². The molecule has 1 heterocycles. The normalized spacial score (nSPS) is 16.6. The first-order valence-electron chi connectivity index (χ1n) is 7.04. The van der Waals surface area contributed by atoms with Gasteiger partial charge in [-0.1, -0.05) is 49.4 Å². The summed E-state index contributed by atoms with van der Waals surface area (Å²) in [5, 5.41) is 0.483. The Bertz CT molecular complexity index is 674. The molecule has 0 bridgehead atoms. The number of carbonyl (C=O) groups excluding carboxylic acids is 1. The lowest BCUT2D eigenvalue weighted by Crippen LogP contribution is -2.31. The van der Waals surface area contributed by atoms with E-state index in [2.05, 4.69) is 0 Å². The fourth-order valence-electron chi connectivity index (χ4n) is 2.14. The number of halogens is 1. The molecule has 0 aliphatic carbocycles. The molecule has 1 fully saturated rings. The largest absolute Gasteiger partial charge is 0.493 e. The minimum absolute atomic E-state index is 0.0837. The third-order valence-corrected chi connectivity index (χ3v) is 4.92. The summed E-state index contributed by atoms with van der Waals surface area (Å²) in [6.45, 7) is 4.71. The molecular formula is C16H18ClNO3S2. The summed E-state index contributed by atoms with van der Waals surface area (Å²) >= 11 is 12.9. The Hall–Kier alpha value is -1.24. The fraction of sp³-hybridized carbons (Fsp3) is 0.375. The first kappa shape index (κ1) is 18.1. The van der Waals surface area contributed by atoms with E-state index in [-0.39, 0.29) is 5.91 Å². The summed E-state index contributed by atoms with van der Waals surface area (Å²) in [5.74, 6) is 1.36. The number of amides is 1. The number of methoxy groups -OCH3 is 2. The third-order valence-electron chi connectivity index (χ3n) is 3.21. The molecule has 0 spiro atoms. The third kappa shape index (κ3) is 4.00. The van der Waals surface area contributed by atoms with E-state index in [0.717, 1.165) is 0 Å². The SMILES string of the molecule is COc1cc(Cl)c(C=C2SC(=S)N(CC(C)C)C2=O)cc1OC. The van der Waals surface area contributed by atoms with Gasteiger partial charge < -0.3 is 9.47 Å². The van der Waals surface area contributed by atoms with Crippen molar-refractivity contribution in [2.45, 2.75) is 13.8 Å². The molecule has 0 radical (unpaired) electrons. The van der Waals surface area contributed by atoms with E-state index in [0.29, 0.717) is 43.8 Å². The first-order valence-corrected chi connectivity index (χ1v) is 8.64. The lowest BCUT2D eigenvalue weighted by molar-refractivity contribution is -0.122. The van der Waals surface area contributed by atoms with E-state index in [4.69, 9.17) is 33.3 Å². The van der Waals surface area contributed by atoms with Gasteiger partial charge in [0.05, 0.1) is 24.1 Å². The van der Waals surface area contributed by atoms with Gasteiger partial charge in [0.15, 0.2) is 11.5 Å². The number of ether oxygens (including phenoxy) is 2. The molecule has 4 nitrogen and oxygen atoms in total. The highest BCUT2D eigenvalue weighted by atomic mass is 35.5. The van der Waals surface area contributed by atoms with Crippen LogP contribution in [0.15, 0.2) is 17.0 Å². The van der Waals surface area contributed by atoms with Crippen LogP contribution in [0.3, 0.4) is 0 Å². The van der Waals surface area contributed by atoms with E-state index >= 15 is 0 Å². The quantitative estimate of drug-likeness (QED) is 0.572. The Kier molecular flexibility index (Phi) is 5.95. The molecule has 1 aliphatic heterocycles. The van der Waals surface area contributed by atoms with E-state index < -0.39 is 0 Å². The van der Waals surface area contributed by atoms with Crippen molar-refractivity contribution in [3.05, 3.63) is 27.6 Å². The molecule has 7 heteroatoms. The van der Waals surface area contributed by atoms with Gasteiger partial charge in [0.1, 0.15) is 4.32 Å². The van der Waals surface area contributed by atoms with Gasteiger partial charge in [-0.25, -0.2) is 0 Å². The zero-order chi connectivity index (χ0) is 17.1. The lowest BCUT2D eigenvalue weighted by Gasteiger charge is -2.16. The molecule has 1 aliphatic rings. The standard InChI is InChI=1S/C16H18ClNO3S2/c1-9(2)8-18-15(19)14(23-16(18)22)6-10-5-12(20-3)13(21-4)7-11(10)17/h5-7,9H,8H2,1-4H3. The molecule has 0 saturated carbocycles. The zero-order valence-corrected chi connectivity index (χ0v) is 15.8. The Morgan fingerprint density at radius 2 is 1.91 bits per heavy atom. The van der Waals surface area contributed by atoms with Crippen molar-refractivity contribution in [2.75, 3.05) is 20.8 Å². The highest BCUT2D eigenvalue weighted by Gasteiger charge is 2.32. The number of carbonyl (C=O) groups is 1. The summed E-state index contributed by atoms with van der Waals surface area (Å²) in [7, 11) is 3.10. The highest BCUT2D eigenvalue weighted by Crippen LogP contribution is 2.37. The minimum Gasteiger partial charge on any atom is -0.493 e. The van der Waals surface area contributed by atoms with E-state index in [1.165, 1.54) is 11.8 Å². The minimum atomic E-state index is -0.0837. The maximum absolute atomic E-state index is 12.5. The van der Waals surface area contributed by atoms with Crippen molar-refractivity contribution in [3.8, 4) is 11.5 Å². The Morgan fingerprint density at radius 3 is 2.48 bits per heavy atom. The molecule has 0 unspecified atom stereocenters. The summed E-state index contributed by atoms with van der Waals surface area (Å²) in [6, 6.07) is 3.41. The molecule has 1 aromatic rings. The molecule has 23 heavy (non-hydrogen) atoms. The summed E-state index contributed by atoms with van der Waals surface area (Å²) in [5.41, 5.74) is 0.689. The molecule has 2 rings (SSSR count). The van der Waals surface area contributed by atoms with Gasteiger partial charge in [0.2, 0.25) is 0 Å². The van der Waals surface area contributed by atoms with Crippen molar-refractivity contribution >= 4 is 51.9 Å². The Balaban J connectivity index is 2.36. The predicted octanol–water partition coefficient (Wildman–Crippen LogP) is 4.21. The average molecular weight is 372 g/mol. The topological polar surface area (TPSA) is 38.8 Å². The maximum atomic E-state index is 12.5. The number of benzene rings is 1. The van der Waals surface area contributed by atoms with Crippen LogP contribution in [0.1, 0.15) is 19.4 Å². The van der Waals surface area contributed by atoms with E-state index in [1.807, 2.05) is 13.8 Å². The molecule has 0 N–H and O–H groups in total. The average Bonchev–Trinajstić information content (AvgIpc) is 2.76. The van der Waals surface area contributed by atoms with Crippen molar-refractivity contribution in [1.82, 2.24) is 4.90 Å². The zero-order valence-electron chi connectivity index (χ0n) is 13.4. The fourth-order valence-corrected chi connectivity index (χ4v) is 3.62. The Morgan fingerprint density at radius 1 is 1.30 bits per heavy atom. The number of thiocarbonyl (C=S) groups is 1. The number of thioether (sulfide) groups is 1. The second-order valence-electron chi connectivity index (χ2n) is 5.41. The van der Waals surface area contributed by atoms with Gasteiger partial charge in [0.25, 0.3) is 5.91 Å². The molecule has 124 valence electrons. The van der Waals surface area contributed by atoms with Gasteiger partial charge in [0, 0.05) is 12.6 Å². The van der Waals surface area contributed by atoms with Crippen LogP contribution in [0.25, 0.3) is 6.08 Å². The second kappa shape index (κ2) is 7.55. The van der Waals surface area contributed by atoms with Gasteiger partial charge in [-0.2, -0.15) is 0 Å². The van der Waals surface area contributed by atoms with Crippen LogP contribution >= 0.6 is 35.6 Å². The smallest absolute Gasteiger partial charge is 0.266 e. The van der Waals surface area contributed by atoms with Crippen LogP contribution < -0.4 is 9.47 Å². The summed E-state index contributed by atoms with van der Waals surface area (Å²) in [4.78, 5) is 14.7. The molecule has 0 aromatic heterocycles. The summed E-state index contributed by atoms with van der Waals surface area (Å²) in [6.07, 6.45) is 1.74. The summed E-state index contributed by atoms with van der Waals surface area (Å²) < 4.78 is 11.1. The van der Waals surface area contributed by atoms with Gasteiger partial charge >= 0.3 is 0 Å². The van der Waals surface area contributed by atoms with Crippen LogP contribution in [0, 0.1) is 5.92 Å². The number of rotatable bonds is 5. The molecule has 1 aromatic carbocycles. The second-order valence-corrected chi connectivity index (χ2v) is 7.50. The highest BCUT2D eigenvalue weighted by molar-refractivity contribution is 8.26. The van der Waals surface area contributed by atoms with E-state index in [9.17, 15) is 4.79 Å². The lowest BCUT2D eigenvalue weighted by atomic mass is 10.1. The van der Waals surface area contributed by atoms with Crippen LogP contribution in [-0.2, 0) is 4.79 Å². The van der Waals surface area contributed by atoms with Crippen LogP contribution in [0.5, 0.6) is 11.5 Å². The van der Waals surface area contributed by atoms with Crippen molar-refractivity contribution < 1.29 is 14.3 Å². The van der Waals surface area contributed by atoms with Crippen LogP contribution in [-0.4, -0.2) is 35.9 Å². The molecular weight excluding hydrogens is 354 g/mol. The maximum Gasteiger partial charge on any atom is 0.266 e. The number of hydrogen-bond acceptors (Lipinski definition) is 5. The van der Waals surface area contributed by atoms with E-state index in [1.54, 1.807) is 37.3 Å². The van der Waals surface area contributed by atoms with Gasteiger partial charge in [-0.3, -0.25) is 9.69 Å². The van der Waals surface area contributed by atoms with Crippen LogP contribution in [0.2, 0.25) is 5.02 Å². The van der Waals surface area contributed by atoms with Crippen molar-refractivity contribution in [3.63, 3.8) is 0 Å². The predicted molar refractivity (Wildman–Crippen MR) is 99.3 cm³/mol. The Labute approximate surface area is 150 Å². The van der Waals surface area contributed by atoms with Gasteiger partial charge in [-0.15, -0.1) is 0 Å². The monoisotopic (exact) mass is 371 g/mol. The molecule has 1 amide bonds. The molecule has 0 atom stereocenters. The van der Waals surface area contributed by atoms with Crippen LogP contribution in [0.4, 0.5) is 0 Å².